The van der Waals surface area contributed by atoms with E-state index in [-0.39, 0.29) is 11.9 Å². The maximum Gasteiger partial charge on any atom is 0.240 e. The Kier molecular flexibility index (Phi) is 4.42. The number of hydrogen-bond donors (Lipinski definition) is 0. The fourth-order valence-corrected chi connectivity index (χ4v) is 2.74. The zero-order valence-corrected chi connectivity index (χ0v) is 13.4. The third-order valence-corrected chi connectivity index (χ3v) is 3.90. The molecule has 0 fully saturated rings. The van der Waals surface area contributed by atoms with Gasteiger partial charge >= 0.3 is 0 Å². The molecule has 0 bridgehead atoms. The molecule has 1 aliphatic heterocycles. The number of hydrogen-bond acceptors (Lipinski definition) is 3. The Bertz CT molecular complexity index is 708. The Morgan fingerprint density at radius 2 is 1.87 bits per heavy atom. The van der Waals surface area contributed by atoms with Crippen molar-refractivity contribution in [2.45, 2.75) is 32.9 Å². The van der Waals surface area contributed by atoms with E-state index in [1.165, 1.54) is 0 Å². The fraction of sp³-hybridized carbons (Fsp3) is 0.263. The van der Waals surface area contributed by atoms with Crippen LogP contribution in [0.4, 0.5) is 0 Å². The summed E-state index contributed by atoms with van der Waals surface area (Å²) in [5.74, 6) is 0.791. The number of carbonyl (C=O) groups is 1. The van der Waals surface area contributed by atoms with Crippen molar-refractivity contribution in [3.63, 3.8) is 0 Å². The predicted molar refractivity (Wildman–Crippen MR) is 90.2 cm³/mol. The van der Waals surface area contributed by atoms with E-state index in [4.69, 9.17) is 4.74 Å². The number of amides is 1. The van der Waals surface area contributed by atoms with Crippen molar-refractivity contribution < 1.29 is 9.53 Å². The second-order valence-corrected chi connectivity index (χ2v) is 5.76. The lowest BCUT2D eigenvalue weighted by Gasteiger charge is -2.20. The van der Waals surface area contributed by atoms with Gasteiger partial charge in [0.15, 0.2) is 0 Å². The van der Waals surface area contributed by atoms with Crippen LogP contribution in [0, 0.1) is 0 Å². The smallest absolute Gasteiger partial charge is 0.240 e. The molecule has 23 heavy (non-hydrogen) atoms. The van der Waals surface area contributed by atoms with Gasteiger partial charge < -0.3 is 4.74 Å². The van der Waals surface area contributed by atoms with Crippen molar-refractivity contribution in [1.82, 2.24) is 5.01 Å². The third kappa shape index (κ3) is 3.59. The highest BCUT2D eigenvalue weighted by atomic mass is 16.5. The molecule has 2 aromatic rings. The summed E-state index contributed by atoms with van der Waals surface area (Å²) in [6.45, 7) is 4.05. The largest absolute Gasteiger partial charge is 0.489 e. The number of nitrogens with zero attached hydrogens (tertiary/aromatic N) is 2. The van der Waals surface area contributed by atoms with Gasteiger partial charge in [0.05, 0.1) is 6.04 Å². The second kappa shape index (κ2) is 6.65. The van der Waals surface area contributed by atoms with Gasteiger partial charge in [0, 0.05) is 19.1 Å². The predicted octanol–water partition coefficient (Wildman–Crippen LogP) is 3.93. The molecule has 0 aromatic heterocycles. The van der Waals surface area contributed by atoms with Gasteiger partial charge in [-0.1, -0.05) is 42.5 Å². The van der Waals surface area contributed by atoms with E-state index in [1.54, 1.807) is 11.9 Å². The van der Waals surface area contributed by atoms with Gasteiger partial charge in [0.2, 0.25) is 5.91 Å². The normalized spacial score (nSPS) is 17.0. The van der Waals surface area contributed by atoms with Gasteiger partial charge in [0.25, 0.3) is 0 Å². The summed E-state index contributed by atoms with van der Waals surface area (Å²) >= 11 is 0. The number of benzene rings is 2. The van der Waals surface area contributed by atoms with E-state index in [0.717, 1.165) is 29.0 Å². The average molecular weight is 308 g/mol. The van der Waals surface area contributed by atoms with Gasteiger partial charge in [-0.25, -0.2) is 5.01 Å². The summed E-state index contributed by atoms with van der Waals surface area (Å²) in [5, 5.41) is 5.88. The number of hydrazone groups is 1. The van der Waals surface area contributed by atoms with E-state index >= 15 is 0 Å². The molecule has 0 N–H and O–H groups in total. The van der Waals surface area contributed by atoms with Crippen molar-refractivity contribution >= 4 is 11.6 Å². The van der Waals surface area contributed by atoms with E-state index in [0.29, 0.717) is 6.61 Å². The van der Waals surface area contributed by atoms with Crippen molar-refractivity contribution in [3.05, 3.63) is 65.7 Å². The molecule has 1 atom stereocenters. The van der Waals surface area contributed by atoms with E-state index < -0.39 is 0 Å². The SMILES string of the molecule is CC(=O)N1N=C(C)C[C@@H]1c1ccc(OCc2ccccc2)cc1. The first kappa shape index (κ1) is 15.3. The molecular weight excluding hydrogens is 288 g/mol. The Labute approximate surface area is 136 Å². The van der Waals surface area contributed by atoms with Crippen LogP contribution in [0.2, 0.25) is 0 Å². The van der Waals surface area contributed by atoms with Gasteiger partial charge in [-0.3, -0.25) is 4.79 Å². The van der Waals surface area contributed by atoms with E-state index in [2.05, 4.69) is 5.10 Å². The minimum Gasteiger partial charge on any atom is -0.489 e. The van der Waals surface area contributed by atoms with Crippen LogP contribution in [0.1, 0.15) is 37.4 Å². The first-order valence-electron chi connectivity index (χ1n) is 7.74. The summed E-state index contributed by atoms with van der Waals surface area (Å²) in [6, 6.07) is 18.0. The molecule has 0 radical (unpaired) electrons. The van der Waals surface area contributed by atoms with Crippen LogP contribution in [-0.4, -0.2) is 16.6 Å². The molecule has 1 aliphatic rings. The summed E-state index contributed by atoms with van der Waals surface area (Å²) in [6.07, 6.45) is 0.782. The highest BCUT2D eigenvalue weighted by Crippen LogP contribution is 2.31. The van der Waals surface area contributed by atoms with Crippen molar-refractivity contribution in [2.75, 3.05) is 0 Å². The fourth-order valence-electron chi connectivity index (χ4n) is 2.74. The first-order valence-corrected chi connectivity index (χ1v) is 7.74. The zero-order valence-electron chi connectivity index (χ0n) is 13.4. The topological polar surface area (TPSA) is 41.9 Å². The third-order valence-electron chi connectivity index (χ3n) is 3.90. The lowest BCUT2D eigenvalue weighted by atomic mass is 10.0. The van der Waals surface area contributed by atoms with Crippen molar-refractivity contribution in [1.29, 1.82) is 0 Å². The maximum absolute atomic E-state index is 11.7. The Morgan fingerprint density at radius 3 is 2.52 bits per heavy atom. The molecular formula is C19H20N2O2. The van der Waals surface area contributed by atoms with Crippen LogP contribution in [-0.2, 0) is 11.4 Å². The zero-order chi connectivity index (χ0) is 16.2. The van der Waals surface area contributed by atoms with Crippen LogP contribution in [0.25, 0.3) is 0 Å². The van der Waals surface area contributed by atoms with E-state index in [9.17, 15) is 4.79 Å². The monoisotopic (exact) mass is 308 g/mol. The maximum atomic E-state index is 11.7. The minimum atomic E-state index is -0.0312. The first-order chi connectivity index (χ1) is 11.1. The highest BCUT2D eigenvalue weighted by molar-refractivity contribution is 5.87. The van der Waals surface area contributed by atoms with Crippen molar-refractivity contribution in [2.24, 2.45) is 5.10 Å². The molecule has 4 nitrogen and oxygen atoms in total. The Hall–Kier alpha value is -2.62. The molecule has 0 saturated carbocycles. The standard InChI is InChI=1S/C19H20N2O2/c1-14-12-19(21(20-14)15(2)22)17-8-10-18(11-9-17)23-13-16-6-4-3-5-7-16/h3-11,19H,12-13H2,1-2H3/t19-/m1/s1. The van der Waals surface area contributed by atoms with Crippen LogP contribution in [0.15, 0.2) is 59.7 Å². The highest BCUT2D eigenvalue weighted by Gasteiger charge is 2.28. The molecule has 0 saturated heterocycles. The molecule has 1 amide bonds. The lowest BCUT2D eigenvalue weighted by Crippen LogP contribution is -2.24. The molecule has 0 spiro atoms. The van der Waals surface area contributed by atoms with Crippen LogP contribution < -0.4 is 4.74 Å². The van der Waals surface area contributed by atoms with Gasteiger partial charge in [0.1, 0.15) is 12.4 Å². The minimum absolute atomic E-state index is 0.00401. The second-order valence-electron chi connectivity index (χ2n) is 5.76. The molecule has 3 rings (SSSR count). The summed E-state index contributed by atoms with van der Waals surface area (Å²) in [7, 11) is 0. The van der Waals surface area contributed by atoms with Crippen molar-refractivity contribution in [3.8, 4) is 5.75 Å². The number of rotatable bonds is 4. The molecule has 1 heterocycles. The van der Waals surface area contributed by atoms with Gasteiger partial charge in [-0.05, 0) is 30.2 Å². The summed E-state index contributed by atoms with van der Waals surface area (Å²) in [5.41, 5.74) is 3.20. The quantitative estimate of drug-likeness (QED) is 0.858. The average Bonchev–Trinajstić information content (AvgIpc) is 2.97. The molecule has 2 aromatic carbocycles. The van der Waals surface area contributed by atoms with Gasteiger partial charge in [-0.2, -0.15) is 5.10 Å². The molecule has 0 aliphatic carbocycles. The molecule has 118 valence electrons. The van der Waals surface area contributed by atoms with Crippen LogP contribution >= 0.6 is 0 Å². The lowest BCUT2D eigenvalue weighted by molar-refractivity contribution is -0.130. The Balaban J connectivity index is 1.66. The molecule has 4 heteroatoms. The van der Waals surface area contributed by atoms with E-state index in [1.807, 2.05) is 61.5 Å². The summed E-state index contributed by atoms with van der Waals surface area (Å²) < 4.78 is 5.80. The number of carbonyl (C=O) groups excluding carboxylic acids is 1. The van der Waals surface area contributed by atoms with Gasteiger partial charge in [-0.15, -0.1) is 0 Å². The molecule has 0 unspecified atom stereocenters. The number of ether oxygens (including phenoxy) is 1. The Morgan fingerprint density at radius 1 is 1.17 bits per heavy atom. The van der Waals surface area contributed by atoms with Crippen LogP contribution in [0.5, 0.6) is 5.75 Å². The summed E-state index contributed by atoms with van der Waals surface area (Å²) in [4.78, 5) is 11.7. The van der Waals surface area contributed by atoms with Crippen LogP contribution in [0.3, 0.4) is 0 Å².